The molecule has 0 unspecified atom stereocenters. The molecule has 1 N–H and O–H groups in total. The van der Waals surface area contributed by atoms with Gasteiger partial charge in [0.2, 0.25) is 11.8 Å². The molecule has 0 bridgehead atoms. The van der Waals surface area contributed by atoms with Gasteiger partial charge in [0.15, 0.2) is 5.82 Å². The molecule has 0 fully saturated rings. The van der Waals surface area contributed by atoms with Crippen LogP contribution in [0.3, 0.4) is 0 Å². The lowest BCUT2D eigenvalue weighted by Crippen LogP contribution is -2.35. The Bertz CT molecular complexity index is 612. The molecule has 0 spiro atoms. The number of carbonyl (C=O) groups excluding carboxylic acids is 1. The molecule has 2 heterocycles. The van der Waals surface area contributed by atoms with Gasteiger partial charge in [0.25, 0.3) is 0 Å². The number of aromatic nitrogens is 3. The first kappa shape index (κ1) is 17.1. The Morgan fingerprint density at radius 2 is 2.09 bits per heavy atom. The molecule has 23 heavy (non-hydrogen) atoms. The average Bonchev–Trinajstić information content (AvgIpc) is 2.97. The summed E-state index contributed by atoms with van der Waals surface area (Å²) in [5.41, 5.74) is 1.13. The first-order chi connectivity index (χ1) is 11.0. The van der Waals surface area contributed by atoms with E-state index >= 15 is 0 Å². The molecular weight excluding hydrogens is 294 g/mol. The van der Waals surface area contributed by atoms with Crippen LogP contribution >= 0.6 is 0 Å². The van der Waals surface area contributed by atoms with Crippen LogP contribution in [0.2, 0.25) is 0 Å². The smallest absolute Gasteiger partial charge is 0.234 e. The summed E-state index contributed by atoms with van der Waals surface area (Å²) in [6.07, 6.45) is 4.04. The van der Waals surface area contributed by atoms with E-state index in [9.17, 15) is 4.79 Å². The first-order valence-electron chi connectivity index (χ1n) is 7.71. The maximum absolute atomic E-state index is 11.9. The average molecular weight is 317 g/mol. The molecule has 0 atom stereocenters. The van der Waals surface area contributed by atoms with Crippen molar-refractivity contribution in [3.8, 4) is 0 Å². The summed E-state index contributed by atoms with van der Waals surface area (Å²) in [4.78, 5) is 22.1. The number of likely N-dealkylation sites (N-methyl/N-ethyl adjacent to an activating group) is 1. The number of carbonyl (C=O) groups is 1. The van der Waals surface area contributed by atoms with Crippen molar-refractivity contribution in [3.63, 3.8) is 0 Å². The predicted molar refractivity (Wildman–Crippen MR) is 85.7 cm³/mol. The van der Waals surface area contributed by atoms with Gasteiger partial charge < -0.3 is 9.84 Å². The molecule has 7 nitrogen and oxygen atoms in total. The van der Waals surface area contributed by atoms with E-state index in [1.54, 1.807) is 12.4 Å². The molecule has 7 heteroatoms. The van der Waals surface area contributed by atoms with E-state index in [1.165, 1.54) is 0 Å². The van der Waals surface area contributed by atoms with Crippen LogP contribution < -0.4 is 5.32 Å². The summed E-state index contributed by atoms with van der Waals surface area (Å²) in [6, 6.07) is 3.88. The van der Waals surface area contributed by atoms with Gasteiger partial charge in [0.05, 0.1) is 6.54 Å². The Kier molecular flexibility index (Phi) is 6.22. The molecular formula is C16H23N5O2. The normalized spacial score (nSPS) is 11.2. The monoisotopic (exact) mass is 317 g/mol. The van der Waals surface area contributed by atoms with Crippen molar-refractivity contribution in [2.24, 2.45) is 0 Å². The maximum Gasteiger partial charge on any atom is 0.234 e. The molecule has 0 aliphatic rings. The van der Waals surface area contributed by atoms with Crippen LogP contribution in [0.4, 0.5) is 0 Å². The minimum absolute atomic E-state index is 0.0230. The Labute approximate surface area is 136 Å². The molecule has 1 amide bonds. The number of pyridine rings is 1. The predicted octanol–water partition coefficient (Wildman–Crippen LogP) is 1.38. The molecule has 0 aliphatic heterocycles. The highest BCUT2D eigenvalue weighted by Gasteiger charge is 2.11. The second-order valence-electron chi connectivity index (χ2n) is 5.83. The number of nitrogens with zero attached hydrogens (tertiary/aromatic N) is 4. The van der Waals surface area contributed by atoms with E-state index in [0.29, 0.717) is 37.8 Å². The van der Waals surface area contributed by atoms with E-state index in [0.717, 1.165) is 5.56 Å². The zero-order valence-corrected chi connectivity index (χ0v) is 13.8. The fraction of sp³-hybridized carbons (Fsp3) is 0.500. The van der Waals surface area contributed by atoms with Crippen molar-refractivity contribution in [2.45, 2.75) is 32.7 Å². The maximum atomic E-state index is 11.9. The van der Waals surface area contributed by atoms with Crippen LogP contribution in [0.25, 0.3) is 0 Å². The molecule has 0 radical (unpaired) electrons. The number of amides is 1. The van der Waals surface area contributed by atoms with Gasteiger partial charge in [-0.3, -0.25) is 14.7 Å². The van der Waals surface area contributed by atoms with Crippen LogP contribution in [-0.2, 0) is 17.8 Å². The molecule has 124 valence electrons. The third-order valence-electron chi connectivity index (χ3n) is 3.28. The standard InChI is InChI=1S/C16H23N5O2/c1-12(2)16-19-15(23-20-16)6-9-18-14(22)11-21(3)10-13-4-7-17-8-5-13/h4-5,7-8,12H,6,9-11H2,1-3H3,(H,18,22). The van der Waals surface area contributed by atoms with Crippen LogP contribution in [0.5, 0.6) is 0 Å². The highest BCUT2D eigenvalue weighted by molar-refractivity contribution is 5.77. The van der Waals surface area contributed by atoms with E-state index in [-0.39, 0.29) is 11.8 Å². The van der Waals surface area contributed by atoms with Crippen molar-refractivity contribution < 1.29 is 9.32 Å². The molecule has 0 saturated heterocycles. The lowest BCUT2D eigenvalue weighted by molar-refractivity contribution is -0.122. The Balaban J connectivity index is 1.68. The van der Waals surface area contributed by atoms with Gasteiger partial charge in [-0.1, -0.05) is 19.0 Å². The van der Waals surface area contributed by atoms with Gasteiger partial charge >= 0.3 is 0 Å². The Morgan fingerprint density at radius 3 is 2.74 bits per heavy atom. The SMILES string of the molecule is CC(C)c1noc(CCNC(=O)CN(C)Cc2ccncc2)n1. The summed E-state index contributed by atoms with van der Waals surface area (Å²) in [7, 11) is 1.91. The van der Waals surface area contributed by atoms with Crippen LogP contribution in [-0.4, -0.2) is 46.1 Å². The number of rotatable bonds is 8. The number of hydrogen-bond acceptors (Lipinski definition) is 6. The zero-order valence-electron chi connectivity index (χ0n) is 13.8. The van der Waals surface area contributed by atoms with Gasteiger partial charge in [0.1, 0.15) is 0 Å². The molecule has 2 aromatic rings. The van der Waals surface area contributed by atoms with E-state index in [2.05, 4.69) is 20.4 Å². The highest BCUT2D eigenvalue weighted by atomic mass is 16.5. The van der Waals surface area contributed by atoms with Crippen molar-refractivity contribution in [3.05, 3.63) is 41.8 Å². The van der Waals surface area contributed by atoms with Gasteiger partial charge in [-0.2, -0.15) is 4.98 Å². The van der Waals surface area contributed by atoms with E-state index in [1.807, 2.05) is 37.9 Å². The second kappa shape index (κ2) is 8.38. The van der Waals surface area contributed by atoms with E-state index in [4.69, 9.17) is 4.52 Å². The molecule has 2 aromatic heterocycles. The van der Waals surface area contributed by atoms with Crippen molar-refractivity contribution in [2.75, 3.05) is 20.1 Å². The van der Waals surface area contributed by atoms with Crippen molar-refractivity contribution in [1.29, 1.82) is 0 Å². The molecule has 0 saturated carbocycles. The minimum Gasteiger partial charge on any atom is -0.354 e. The van der Waals surface area contributed by atoms with Crippen LogP contribution in [0, 0.1) is 0 Å². The van der Waals surface area contributed by atoms with Gasteiger partial charge in [-0.15, -0.1) is 0 Å². The Hall–Kier alpha value is -2.28. The van der Waals surface area contributed by atoms with Crippen LogP contribution in [0.1, 0.15) is 37.0 Å². The quantitative estimate of drug-likeness (QED) is 0.792. The lowest BCUT2D eigenvalue weighted by Gasteiger charge is -2.16. The van der Waals surface area contributed by atoms with Gasteiger partial charge in [-0.25, -0.2) is 0 Å². The summed E-state index contributed by atoms with van der Waals surface area (Å²) in [6.45, 7) is 5.55. The van der Waals surface area contributed by atoms with Crippen LogP contribution in [0.15, 0.2) is 29.0 Å². The fourth-order valence-corrected chi connectivity index (χ4v) is 2.07. The molecule has 2 rings (SSSR count). The second-order valence-corrected chi connectivity index (χ2v) is 5.83. The summed E-state index contributed by atoms with van der Waals surface area (Å²) in [5, 5.41) is 6.76. The van der Waals surface area contributed by atoms with Crippen molar-refractivity contribution in [1.82, 2.24) is 25.3 Å². The summed E-state index contributed by atoms with van der Waals surface area (Å²) >= 11 is 0. The van der Waals surface area contributed by atoms with Gasteiger partial charge in [-0.05, 0) is 24.7 Å². The topological polar surface area (TPSA) is 84.2 Å². The van der Waals surface area contributed by atoms with Gasteiger partial charge in [0, 0.05) is 37.8 Å². The summed E-state index contributed by atoms with van der Waals surface area (Å²) in [5.74, 6) is 1.47. The molecule has 0 aliphatic carbocycles. The van der Waals surface area contributed by atoms with Crippen molar-refractivity contribution >= 4 is 5.91 Å². The highest BCUT2D eigenvalue weighted by Crippen LogP contribution is 2.09. The molecule has 0 aromatic carbocycles. The number of nitrogens with one attached hydrogen (secondary N) is 1. The largest absolute Gasteiger partial charge is 0.354 e. The third kappa shape index (κ3) is 5.78. The minimum atomic E-state index is -0.0230. The zero-order chi connectivity index (χ0) is 16.7. The lowest BCUT2D eigenvalue weighted by atomic mass is 10.2. The van der Waals surface area contributed by atoms with E-state index < -0.39 is 0 Å². The third-order valence-corrected chi connectivity index (χ3v) is 3.28. The fourth-order valence-electron chi connectivity index (χ4n) is 2.07. The summed E-state index contributed by atoms with van der Waals surface area (Å²) < 4.78 is 5.14. The number of hydrogen-bond donors (Lipinski definition) is 1. The first-order valence-corrected chi connectivity index (χ1v) is 7.71. The Morgan fingerprint density at radius 1 is 1.35 bits per heavy atom.